The molecule has 0 heterocycles. The van der Waals surface area contributed by atoms with Crippen molar-refractivity contribution in [3.8, 4) is 6.07 Å². The summed E-state index contributed by atoms with van der Waals surface area (Å²) in [6.07, 6.45) is 0.918. The maximum atomic E-state index is 9.24. The van der Waals surface area contributed by atoms with Crippen molar-refractivity contribution < 1.29 is 9.47 Å². The lowest BCUT2D eigenvalue weighted by atomic mass is 10.1. The zero-order valence-electron chi connectivity index (χ0n) is 11.4. The summed E-state index contributed by atoms with van der Waals surface area (Å²) in [4.78, 5) is 2.16. The predicted octanol–water partition coefficient (Wildman–Crippen LogP) is 2.81. The van der Waals surface area contributed by atoms with Gasteiger partial charge >= 0.3 is 0 Å². The normalized spacial score (nSPS) is 10.2. The summed E-state index contributed by atoms with van der Waals surface area (Å²) in [7, 11) is 3.37. The second-order valence-corrected chi connectivity index (χ2v) is 5.02. The maximum Gasteiger partial charge on any atom is 0.101 e. The molecule has 5 heteroatoms. The van der Waals surface area contributed by atoms with Gasteiger partial charge in [0.25, 0.3) is 0 Å². The van der Waals surface area contributed by atoms with Crippen LogP contribution < -0.4 is 4.90 Å². The smallest absolute Gasteiger partial charge is 0.101 e. The fourth-order valence-electron chi connectivity index (χ4n) is 1.83. The second kappa shape index (κ2) is 8.92. The summed E-state index contributed by atoms with van der Waals surface area (Å²) in [6.45, 7) is 2.94. The van der Waals surface area contributed by atoms with Crippen LogP contribution in [-0.2, 0) is 9.47 Å². The minimum Gasteiger partial charge on any atom is -0.385 e. The van der Waals surface area contributed by atoms with Crippen LogP contribution in [0.4, 0.5) is 5.69 Å². The Balaban J connectivity index is 2.86. The van der Waals surface area contributed by atoms with Gasteiger partial charge in [-0.25, -0.2) is 0 Å². The van der Waals surface area contributed by atoms with Gasteiger partial charge in [-0.05, 0) is 24.6 Å². The van der Waals surface area contributed by atoms with E-state index in [4.69, 9.17) is 9.47 Å². The van der Waals surface area contributed by atoms with Gasteiger partial charge in [0.2, 0.25) is 0 Å². The summed E-state index contributed by atoms with van der Waals surface area (Å²) >= 11 is 3.39. The Bertz CT molecular complexity index is 432. The molecular weight excluding hydrogens is 308 g/mol. The lowest BCUT2D eigenvalue weighted by molar-refractivity contribution is 0.191. The first-order valence-electron chi connectivity index (χ1n) is 6.15. The molecule has 0 spiro atoms. The first kappa shape index (κ1) is 16.0. The first-order valence-corrected chi connectivity index (χ1v) is 6.94. The standard InChI is InChI=1S/C14H19BrN2O2/c1-18-8-3-6-17(7-9-19-2)14-5-4-13(15)10-12(14)11-16/h4-5,10H,3,6-9H2,1-2H3. The number of hydrogen-bond acceptors (Lipinski definition) is 4. The molecule has 0 amide bonds. The Labute approximate surface area is 123 Å². The SMILES string of the molecule is COCCCN(CCOC)c1ccc(Br)cc1C#N. The molecule has 0 saturated carbocycles. The van der Waals surface area contributed by atoms with E-state index in [9.17, 15) is 5.26 Å². The molecule has 1 rings (SSSR count). The Kier molecular flexibility index (Phi) is 7.49. The van der Waals surface area contributed by atoms with E-state index in [1.165, 1.54) is 0 Å². The van der Waals surface area contributed by atoms with Crippen molar-refractivity contribution in [3.63, 3.8) is 0 Å². The van der Waals surface area contributed by atoms with Gasteiger partial charge in [-0.3, -0.25) is 0 Å². The van der Waals surface area contributed by atoms with Gasteiger partial charge in [-0.15, -0.1) is 0 Å². The Morgan fingerprint density at radius 3 is 2.58 bits per heavy atom. The van der Waals surface area contributed by atoms with Crippen molar-refractivity contribution in [2.24, 2.45) is 0 Å². The van der Waals surface area contributed by atoms with Crippen LogP contribution in [0.3, 0.4) is 0 Å². The Hall–Kier alpha value is -1.09. The van der Waals surface area contributed by atoms with Crippen LogP contribution in [0.1, 0.15) is 12.0 Å². The molecule has 0 aromatic heterocycles. The third kappa shape index (κ3) is 5.19. The molecule has 0 bridgehead atoms. The number of methoxy groups -OCH3 is 2. The molecule has 1 aromatic rings. The monoisotopic (exact) mass is 326 g/mol. The molecule has 0 N–H and O–H groups in total. The van der Waals surface area contributed by atoms with Gasteiger partial charge in [0, 0.05) is 38.4 Å². The van der Waals surface area contributed by atoms with E-state index in [-0.39, 0.29) is 0 Å². The van der Waals surface area contributed by atoms with Crippen LogP contribution >= 0.6 is 15.9 Å². The number of anilines is 1. The van der Waals surface area contributed by atoms with Crippen LogP contribution in [0.15, 0.2) is 22.7 Å². The number of benzene rings is 1. The van der Waals surface area contributed by atoms with E-state index in [1.54, 1.807) is 14.2 Å². The number of hydrogen-bond donors (Lipinski definition) is 0. The number of nitriles is 1. The molecule has 4 nitrogen and oxygen atoms in total. The maximum absolute atomic E-state index is 9.24. The van der Waals surface area contributed by atoms with Crippen LogP contribution in [0.25, 0.3) is 0 Å². The highest BCUT2D eigenvalue weighted by atomic mass is 79.9. The van der Waals surface area contributed by atoms with Crippen molar-refractivity contribution >= 4 is 21.6 Å². The van der Waals surface area contributed by atoms with Crippen LogP contribution in [0.5, 0.6) is 0 Å². The molecule has 0 unspecified atom stereocenters. The van der Waals surface area contributed by atoms with Crippen molar-refractivity contribution in [1.29, 1.82) is 5.26 Å². The average molecular weight is 327 g/mol. The average Bonchev–Trinajstić information content (AvgIpc) is 2.43. The highest BCUT2D eigenvalue weighted by Gasteiger charge is 2.11. The van der Waals surface area contributed by atoms with Gasteiger partial charge in [-0.1, -0.05) is 15.9 Å². The summed E-state index contributed by atoms with van der Waals surface area (Å²) < 4.78 is 11.1. The lowest BCUT2D eigenvalue weighted by Crippen LogP contribution is -2.29. The van der Waals surface area contributed by atoms with Crippen LogP contribution in [-0.4, -0.2) is 40.5 Å². The lowest BCUT2D eigenvalue weighted by Gasteiger charge is -2.25. The zero-order valence-corrected chi connectivity index (χ0v) is 12.9. The van der Waals surface area contributed by atoms with E-state index in [0.717, 1.165) is 29.7 Å². The summed E-state index contributed by atoms with van der Waals surface area (Å²) in [6, 6.07) is 7.99. The van der Waals surface area contributed by atoms with Crippen LogP contribution in [0.2, 0.25) is 0 Å². The van der Waals surface area contributed by atoms with Gasteiger partial charge in [0.1, 0.15) is 6.07 Å². The molecule has 0 saturated heterocycles. The molecule has 0 atom stereocenters. The number of rotatable bonds is 8. The van der Waals surface area contributed by atoms with Crippen molar-refractivity contribution in [2.75, 3.05) is 45.4 Å². The number of nitrogens with zero attached hydrogens (tertiary/aromatic N) is 2. The zero-order chi connectivity index (χ0) is 14.1. The molecule has 0 radical (unpaired) electrons. The van der Waals surface area contributed by atoms with Crippen molar-refractivity contribution in [2.45, 2.75) is 6.42 Å². The highest BCUT2D eigenvalue weighted by Crippen LogP contribution is 2.24. The topological polar surface area (TPSA) is 45.5 Å². The van der Waals surface area contributed by atoms with E-state index in [0.29, 0.717) is 18.8 Å². The Morgan fingerprint density at radius 2 is 1.95 bits per heavy atom. The van der Waals surface area contributed by atoms with E-state index in [1.807, 2.05) is 18.2 Å². The number of ether oxygens (including phenoxy) is 2. The number of halogens is 1. The summed E-state index contributed by atoms with van der Waals surface area (Å²) in [5.41, 5.74) is 1.61. The third-order valence-corrected chi connectivity index (χ3v) is 3.25. The van der Waals surface area contributed by atoms with Crippen molar-refractivity contribution in [3.05, 3.63) is 28.2 Å². The largest absolute Gasteiger partial charge is 0.385 e. The second-order valence-electron chi connectivity index (χ2n) is 4.10. The van der Waals surface area contributed by atoms with Gasteiger partial charge in [-0.2, -0.15) is 5.26 Å². The van der Waals surface area contributed by atoms with Gasteiger partial charge in [0.15, 0.2) is 0 Å². The first-order chi connectivity index (χ1) is 9.22. The Morgan fingerprint density at radius 1 is 1.21 bits per heavy atom. The van der Waals surface area contributed by atoms with Crippen LogP contribution in [0, 0.1) is 11.3 Å². The third-order valence-electron chi connectivity index (χ3n) is 2.76. The summed E-state index contributed by atoms with van der Waals surface area (Å²) in [5.74, 6) is 0. The molecule has 1 aromatic carbocycles. The predicted molar refractivity (Wildman–Crippen MR) is 79.4 cm³/mol. The van der Waals surface area contributed by atoms with E-state index in [2.05, 4.69) is 26.9 Å². The van der Waals surface area contributed by atoms with E-state index < -0.39 is 0 Å². The minimum absolute atomic E-state index is 0.633. The summed E-state index contributed by atoms with van der Waals surface area (Å²) in [5, 5.41) is 9.24. The minimum atomic E-state index is 0.633. The molecule has 19 heavy (non-hydrogen) atoms. The molecule has 0 aliphatic rings. The fraction of sp³-hybridized carbons (Fsp3) is 0.500. The molecule has 0 fully saturated rings. The van der Waals surface area contributed by atoms with E-state index >= 15 is 0 Å². The quantitative estimate of drug-likeness (QED) is 0.689. The molecular formula is C14H19BrN2O2. The fourth-order valence-corrected chi connectivity index (χ4v) is 2.19. The van der Waals surface area contributed by atoms with Gasteiger partial charge in [0.05, 0.1) is 17.9 Å². The highest BCUT2D eigenvalue weighted by molar-refractivity contribution is 9.10. The van der Waals surface area contributed by atoms with Crippen molar-refractivity contribution in [1.82, 2.24) is 0 Å². The molecule has 0 aliphatic heterocycles. The van der Waals surface area contributed by atoms with Gasteiger partial charge < -0.3 is 14.4 Å². The molecule has 104 valence electrons. The molecule has 0 aliphatic carbocycles.